The predicted octanol–water partition coefficient (Wildman–Crippen LogP) is 2.86. The van der Waals surface area contributed by atoms with Crippen LogP contribution in [0.5, 0.6) is 5.75 Å². The number of benzene rings is 1. The van der Waals surface area contributed by atoms with Gasteiger partial charge in [0.05, 0.1) is 18.8 Å². The molecule has 2 atom stereocenters. The minimum Gasteiger partial charge on any atom is -0.491 e. The lowest BCUT2D eigenvalue weighted by atomic mass is 10.1. The van der Waals surface area contributed by atoms with Gasteiger partial charge < -0.3 is 14.6 Å². The highest BCUT2D eigenvalue weighted by Gasteiger charge is 2.17. The van der Waals surface area contributed by atoms with Crippen LogP contribution in [0.4, 0.5) is 0 Å². The number of aliphatic hydroxyl groups excluding tert-OH is 1. The van der Waals surface area contributed by atoms with E-state index >= 15 is 0 Å². The Morgan fingerprint density at radius 3 is 2.24 bits per heavy atom. The molecule has 1 aromatic carbocycles. The molecule has 0 aliphatic carbocycles. The highest BCUT2D eigenvalue weighted by atomic mass is 16.5. The van der Waals surface area contributed by atoms with Crippen molar-refractivity contribution in [2.24, 2.45) is 0 Å². The van der Waals surface area contributed by atoms with Crippen molar-refractivity contribution in [1.82, 2.24) is 4.90 Å². The lowest BCUT2D eigenvalue weighted by Crippen LogP contribution is -2.38. The van der Waals surface area contributed by atoms with E-state index in [1.54, 1.807) is 7.11 Å². The number of aliphatic hydroxyl groups is 1. The van der Waals surface area contributed by atoms with Crippen molar-refractivity contribution in [2.75, 3.05) is 26.8 Å². The maximum Gasteiger partial charge on any atom is 0.119 e. The summed E-state index contributed by atoms with van der Waals surface area (Å²) in [6.45, 7) is 10.4. The first-order valence-electron chi connectivity index (χ1n) is 7.65. The molecule has 1 rings (SSSR count). The van der Waals surface area contributed by atoms with E-state index in [0.717, 1.165) is 17.9 Å². The number of likely N-dealkylation sites (N-methyl/N-ethyl adjacent to an activating group) is 1. The third-order valence-electron chi connectivity index (χ3n) is 3.48. The quantitative estimate of drug-likeness (QED) is 0.760. The maximum atomic E-state index is 10.4. The van der Waals surface area contributed by atoms with Crippen LogP contribution < -0.4 is 4.74 Å². The van der Waals surface area contributed by atoms with Crippen molar-refractivity contribution in [2.45, 2.75) is 45.9 Å². The molecule has 21 heavy (non-hydrogen) atoms. The summed E-state index contributed by atoms with van der Waals surface area (Å²) in [7, 11) is 1.70. The van der Waals surface area contributed by atoms with Gasteiger partial charge in [0.25, 0.3) is 0 Å². The molecule has 0 radical (unpaired) electrons. The third kappa shape index (κ3) is 6.04. The van der Waals surface area contributed by atoms with Gasteiger partial charge in [-0.25, -0.2) is 0 Å². The maximum absolute atomic E-state index is 10.4. The van der Waals surface area contributed by atoms with Crippen LogP contribution in [0, 0.1) is 0 Å². The SMILES string of the molecule is CCN(CC(O)c1ccc(OC(C)C)cc1)C(C)COC. The fourth-order valence-corrected chi connectivity index (χ4v) is 2.34. The standard InChI is InChI=1S/C17H29NO3/c1-6-18(14(4)12-20-5)11-17(19)15-7-9-16(10-8-15)21-13(2)3/h7-10,13-14,17,19H,6,11-12H2,1-5H3. The van der Waals surface area contributed by atoms with E-state index in [2.05, 4.69) is 18.7 Å². The molecule has 120 valence electrons. The van der Waals surface area contributed by atoms with E-state index in [4.69, 9.17) is 9.47 Å². The van der Waals surface area contributed by atoms with Crippen molar-refractivity contribution < 1.29 is 14.6 Å². The summed E-state index contributed by atoms with van der Waals surface area (Å²) in [6.07, 6.45) is -0.344. The predicted molar refractivity (Wildman–Crippen MR) is 85.8 cm³/mol. The fraction of sp³-hybridized carbons (Fsp3) is 0.647. The number of methoxy groups -OCH3 is 1. The second-order valence-electron chi connectivity index (χ2n) is 5.64. The van der Waals surface area contributed by atoms with E-state index in [1.165, 1.54) is 0 Å². The Morgan fingerprint density at radius 1 is 1.14 bits per heavy atom. The second kappa shape index (κ2) is 9.03. The van der Waals surface area contributed by atoms with Gasteiger partial charge in [-0.1, -0.05) is 19.1 Å². The normalized spacial score (nSPS) is 14.5. The Balaban J connectivity index is 2.63. The summed E-state index contributed by atoms with van der Waals surface area (Å²) in [4.78, 5) is 2.21. The van der Waals surface area contributed by atoms with E-state index < -0.39 is 6.10 Å². The number of hydrogen-bond acceptors (Lipinski definition) is 4. The molecule has 0 aliphatic heterocycles. The minimum atomic E-state index is -0.502. The van der Waals surface area contributed by atoms with Crippen LogP contribution in [0.2, 0.25) is 0 Å². The van der Waals surface area contributed by atoms with Gasteiger partial charge in [-0.3, -0.25) is 4.90 Å². The largest absolute Gasteiger partial charge is 0.491 e. The highest BCUT2D eigenvalue weighted by Crippen LogP contribution is 2.20. The van der Waals surface area contributed by atoms with Crippen LogP contribution in [0.15, 0.2) is 24.3 Å². The lowest BCUT2D eigenvalue weighted by Gasteiger charge is -2.29. The van der Waals surface area contributed by atoms with Gasteiger partial charge in [0, 0.05) is 19.7 Å². The van der Waals surface area contributed by atoms with Crippen molar-refractivity contribution in [3.05, 3.63) is 29.8 Å². The Kier molecular flexibility index (Phi) is 7.72. The number of ether oxygens (including phenoxy) is 2. The molecule has 0 bridgehead atoms. The molecule has 1 N–H and O–H groups in total. The van der Waals surface area contributed by atoms with Crippen LogP contribution in [-0.2, 0) is 4.74 Å². The molecule has 4 heteroatoms. The van der Waals surface area contributed by atoms with Crippen molar-refractivity contribution in [3.63, 3.8) is 0 Å². The summed E-state index contributed by atoms with van der Waals surface area (Å²) in [5.74, 6) is 0.834. The zero-order valence-electron chi connectivity index (χ0n) is 13.9. The molecule has 1 aromatic rings. The van der Waals surface area contributed by atoms with Gasteiger partial charge in [-0.05, 0) is 45.0 Å². The monoisotopic (exact) mass is 295 g/mol. The van der Waals surface area contributed by atoms with Crippen LogP contribution in [0.1, 0.15) is 39.4 Å². The molecular formula is C17H29NO3. The average molecular weight is 295 g/mol. The second-order valence-corrected chi connectivity index (χ2v) is 5.64. The summed E-state index contributed by atoms with van der Waals surface area (Å²) < 4.78 is 10.8. The summed E-state index contributed by atoms with van der Waals surface area (Å²) in [5.41, 5.74) is 0.911. The third-order valence-corrected chi connectivity index (χ3v) is 3.48. The molecule has 0 amide bonds. The Labute approximate surface area is 128 Å². The molecule has 0 saturated heterocycles. The first kappa shape index (κ1) is 18.0. The van der Waals surface area contributed by atoms with Gasteiger partial charge >= 0.3 is 0 Å². The Bertz CT molecular complexity index is 392. The smallest absolute Gasteiger partial charge is 0.119 e. The topological polar surface area (TPSA) is 41.9 Å². The summed E-state index contributed by atoms with van der Waals surface area (Å²) >= 11 is 0. The molecule has 0 fully saturated rings. The Hall–Kier alpha value is -1.10. The molecule has 0 spiro atoms. The first-order valence-corrected chi connectivity index (χ1v) is 7.65. The molecule has 0 aromatic heterocycles. The molecule has 0 aliphatic rings. The average Bonchev–Trinajstić information content (AvgIpc) is 2.44. The first-order chi connectivity index (χ1) is 9.97. The lowest BCUT2D eigenvalue weighted by molar-refractivity contribution is 0.0581. The van der Waals surface area contributed by atoms with E-state index in [0.29, 0.717) is 13.2 Å². The number of nitrogens with zero attached hydrogens (tertiary/aromatic N) is 1. The van der Waals surface area contributed by atoms with Crippen molar-refractivity contribution in [3.8, 4) is 5.75 Å². The molecule has 2 unspecified atom stereocenters. The van der Waals surface area contributed by atoms with E-state index in [-0.39, 0.29) is 12.1 Å². The van der Waals surface area contributed by atoms with Crippen LogP contribution in [-0.4, -0.2) is 49.0 Å². The number of hydrogen-bond donors (Lipinski definition) is 1. The number of rotatable bonds is 9. The molecule has 4 nitrogen and oxygen atoms in total. The summed E-state index contributed by atoms with van der Waals surface area (Å²) in [5, 5.41) is 10.4. The summed E-state index contributed by atoms with van der Waals surface area (Å²) in [6, 6.07) is 7.97. The zero-order chi connectivity index (χ0) is 15.8. The van der Waals surface area contributed by atoms with Crippen LogP contribution in [0.25, 0.3) is 0 Å². The van der Waals surface area contributed by atoms with Crippen molar-refractivity contribution in [1.29, 1.82) is 0 Å². The van der Waals surface area contributed by atoms with Crippen LogP contribution in [0.3, 0.4) is 0 Å². The van der Waals surface area contributed by atoms with Gasteiger partial charge in [-0.2, -0.15) is 0 Å². The molecule has 0 saturated carbocycles. The van der Waals surface area contributed by atoms with Crippen LogP contribution >= 0.6 is 0 Å². The van der Waals surface area contributed by atoms with Gasteiger partial charge in [0.2, 0.25) is 0 Å². The van der Waals surface area contributed by atoms with Crippen molar-refractivity contribution >= 4 is 0 Å². The molecule has 0 heterocycles. The highest BCUT2D eigenvalue weighted by molar-refractivity contribution is 5.28. The minimum absolute atomic E-state index is 0.159. The van der Waals surface area contributed by atoms with Gasteiger partial charge in [0.15, 0.2) is 0 Å². The Morgan fingerprint density at radius 2 is 1.76 bits per heavy atom. The zero-order valence-corrected chi connectivity index (χ0v) is 13.9. The van der Waals surface area contributed by atoms with Gasteiger partial charge in [0.1, 0.15) is 5.75 Å². The van der Waals surface area contributed by atoms with E-state index in [1.807, 2.05) is 38.1 Å². The van der Waals surface area contributed by atoms with E-state index in [9.17, 15) is 5.11 Å². The fourth-order valence-electron chi connectivity index (χ4n) is 2.34. The van der Waals surface area contributed by atoms with Gasteiger partial charge in [-0.15, -0.1) is 0 Å². The molecular weight excluding hydrogens is 266 g/mol.